The second-order valence-corrected chi connectivity index (χ2v) is 20.1. The number of nitrogens with one attached hydrogen (secondary N) is 2. The fourth-order valence-electron chi connectivity index (χ4n) is 8.22. The predicted molar refractivity (Wildman–Crippen MR) is 211 cm³/mol. The minimum absolute atomic E-state index is 0.0448. The minimum Gasteiger partial charge on any atom is -0.472 e. The zero-order valence-corrected chi connectivity index (χ0v) is 35.0. The quantitative estimate of drug-likeness (QED) is 0.256. The van der Waals surface area contributed by atoms with Crippen molar-refractivity contribution in [3.05, 3.63) is 41.4 Å². The number of ether oxygens (including phenoxy) is 2. The number of benzene rings is 1. The molecule has 18 heteroatoms. The molecule has 58 heavy (non-hydrogen) atoms. The van der Waals surface area contributed by atoms with Crippen LogP contribution in [0.3, 0.4) is 0 Å². The molecule has 318 valence electrons. The average molecular weight is 852 g/mol. The van der Waals surface area contributed by atoms with Gasteiger partial charge in [-0.05, 0) is 90.2 Å². The van der Waals surface area contributed by atoms with Gasteiger partial charge in [-0.25, -0.2) is 22.0 Å². The van der Waals surface area contributed by atoms with E-state index in [0.29, 0.717) is 42.9 Å². The Labute approximate surface area is 342 Å². The summed E-state index contributed by atoms with van der Waals surface area (Å²) in [7, 11) is -4.07. The van der Waals surface area contributed by atoms with Crippen LogP contribution in [0.25, 0.3) is 10.8 Å². The number of rotatable bonds is 9. The Balaban J connectivity index is 1.41. The fraction of sp³-hybridized carbons (Fsp3) is 0.625. The van der Waals surface area contributed by atoms with Crippen LogP contribution < -0.4 is 19.5 Å². The van der Waals surface area contributed by atoms with Crippen molar-refractivity contribution in [3.63, 3.8) is 0 Å². The molecule has 2 aromatic rings. The van der Waals surface area contributed by atoms with Crippen molar-refractivity contribution >= 4 is 56.2 Å². The van der Waals surface area contributed by atoms with Gasteiger partial charge >= 0.3 is 6.09 Å². The lowest BCUT2D eigenvalue weighted by Gasteiger charge is -2.43. The lowest BCUT2D eigenvalue weighted by atomic mass is 9.85. The van der Waals surface area contributed by atoms with Gasteiger partial charge in [0.25, 0.3) is 12.3 Å². The van der Waals surface area contributed by atoms with Gasteiger partial charge in [-0.3, -0.25) is 24.0 Å². The molecule has 0 bridgehead atoms. The number of pyridine rings is 1. The van der Waals surface area contributed by atoms with Gasteiger partial charge in [0.15, 0.2) is 6.61 Å². The van der Waals surface area contributed by atoms with E-state index >= 15 is 4.79 Å². The molecule has 14 nitrogen and oxygen atoms in total. The number of carbonyl (C=O) groups excluding carboxylic acids is 3. The van der Waals surface area contributed by atoms with Crippen molar-refractivity contribution in [2.24, 2.45) is 17.8 Å². The third-order valence-corrected chi connectivity index (χ3v) is 14.3. The number of carboxylic acid groups (broad SMARTS) is 1. The van der Waals surface area contributed by atoms with Crippen LogP contribution in [0, 0.1) is 17.8 Å². The molecule has 0 radical (unpaired) electrons. The summed E-state index contributed by atoms with van der Waals surface area (Å²) in [6, 6.07) is 3.73. The highest BCUT2D eigenvalue weighted by Gasteiger charge is 2.63. The van der Waals surface area contributed by atoms with Crippen molar-refractivity contribution < 1.29 is 51.0 Å². The van der Waals surface area contributed by atoms with Crippen molar-refractivity contribution in [2.75, 3.05) is 13.2 Å². The monoisotopic (exact) mass is 851 g/mol. The van der Waals surface area contributed by atoms with Gasteiger partial charge in [0.2, 0.25) is 33.6 Å². The van der Waals surface area contributed by atoms with Crippen molar-refractivity contribution in [1.82, 2.24) is 24.8 Å². The number of nitrogens with zero attached hydrogens (tertiary/aromatic N) is 3. The number of aromatic nitrogens is 1. The standard InChI is InChI=1S/C40H52ClF2N5O9S/c1-22-10-7-8-11-24-19-40(24,36(51)46-58(54,55)39(6)14-15-39)45-33(49)29-17-25(20-47(29)35(50)32(23(2)16-22)48(37(52)53)38(3,4)5)57-34-26-12-9-13-28(41)27(26)18-31(44-34)56-21-30(42)43/h8-9,11-13,18,22-25,29-30,32H,7,10,14-17,19-21H2,1-6H3,(H,45,49)(H,46,51)(H,52,53)/b11-8-/t22-,23-,24-,25-,29+,32+,40-/m1/s1. The Morgan fingerprint density at radius 2 is 1.88 bits per heavy atom. The summed E-state index contributed by atoms with van der Waals surface area (Å²) in [5.74, 6) is -3.55. The number of sulfonamides is 1. The second-order valence-electron chi connectivity index (χ2n) is 17.5. The van der Waals surface area contributed by atoms with Crippen molar-refractivity contribution in [1.29, 1.82) is 0 Å². The summed E-state index contributed by atoms with van der Waals surface area (Å²) >= 11 is 6.48. The first-order valence-electron chi connectivity index (χ1n) is 19.6. The molecule has 4 aliphatic rings. The van der Waals surface area contributed by atoms with Gasteiger partial charge < -0.3 is 24.8 Å². The van der Waals surface area contributed by atoms with Crippen LogP contribution in [-0.4, -0.2) is 106 Å². The number of hydrogen-bond donors (Lipinski definition) is 3. The Kier molecular flexibility index (Phi) is 12.0. The largest absolute Gasteiger partial charge is 0.472 e. The van der Waals surface area contributed by atoms with Crippen LogP contribution in [0.15, 0.2) is 36.4 Å². The number of alkyl halides is 2. The molecule has 2 saturated carbocycles. The first-order chi connectivity index (χ1) is 27.1. The molecule has 0 spiro atoms. The van der Waals surface area contributed by atoms with Crippen LogP contribution in [0.1, 0.15) is 86.5 Å². The van der Waals surface area contributed by atoms with Crippen LogP contribution in [-0.2, 0) is 24.4 Å². The summed E-state index contributed by atoms with van der Waals surface area (Å²) in [6.07, 6.45) is 1.12. The van der Waals surface area contributed by atoms with E-state index in [1.807, 2.05) is 26.0 Å². The fourth-order valence-corrected chi connectivity index (χ4v) is 9.76. The zero-order chi connectivity index (χ0) is 42.5. The van der Waals surface area contributed by atoms with E-state index in [-0.39, 0.29) is 42.1 Å². The van der Waals surface area contributed by atoms with Crippen molar-refractivity contribution in [2.45, 2.75) is 127 Å². The van der Waals surface area contributed by atoms with E-state index in [4.69, 9.17) is 21.1 Å². The number of carbonyl (C=O) groups is 4. The molecule has 1 aromatic heterocycles. The van der Waals surface area contributed by atoms with E-state index in [2.05, 4.69) is 15.0 Å². The third kappa shape index (κ3) is 8.85. The first-order valence-corrected chi connectivity index (χ1v) is 21.5. The number of amides is 4. The minimum atomic E-state index is -4.07. The number of allylic oxidation sites excluding steroid dienone is 1. The molecule has 1 saturated heterocycles. The Hall–Kier alpha value is -4.25. The molecule has 4 amide bonds. The van der Waals surface area contributed by atoms with E-state index in [9.17, 15) is 36.7 Å². The molecule has 6 rings (SSSR count). The Morgan fingerprint density at radius 1 is 1.17 bits per heavy atom. The molecular weight excluding hydrogens is 800 g/mol. The first kappa shape index (κ1) is 43.3. The summed E-state index contributed by atoms with van der Waals surface area (Å²) in [4.78, 5) is 63.4. The van der Waals surface area contributed by atoms with Gasteiger partial charge in [-0.15, -0.1) is 0 Å². The van der Waals surface area contributed by atoms with E-state index in [1.54, 1.807) is 45.9 Å². The lowest BCUT2D eigenvalue weighted by molar-refractivity contribution is -0.146. The van der Waals surface area contributed by atoms with Crippen molar-refractivity contribution in [3.8, 4) is 11.8 Å². The van der Waals surface area contributed by atoms with Crippen LogP contribution in [0.4, 0.5) is 13.6 Å². The number of hydrogen-bond acceptors (Lipinski definition) is 9. The second kappa shape index (κ2) is 16.1. The van der Waals surface area contributed by atoms with Crippen LogP contribution >= 0.6 is 11.6 Å². The molecule has 3 fully saturated rings. The molecule has 3 heterocycles. The normalized spacial score (nSPS) is 29.3. The van der Waals surface area contributed by atoms with E-state index in [1.165, 1.54) is 11.0 Å². The predicted octanol–water partition coefficient (Wildman–Crippen LogP) is 5.91. The molecule has 3 N–H and O–H groups in total. The van der Waals surface area contributed by atoms with Gasteiger partial charge in [-0.2, -0.15) is 4.98 Å². The van der Waals surface area contributed by atoms with E-state index < -0.39 is 92.7 Å². The summed E-state index contributed by atoms with van der Waals surface area (Å²) in [6.45, 7) is 9.24. The van der Waals surface area contributed by atoms with Crippen LogP contribution in [0.5, 0.6) is 11.8 Å². The maximum Gasteiger partial charge on any atom is 0.408 e. The number of halogens is 3. The highest BCUT2D eigenvalue weighted by atomic mass is 35.5. The van der Waals surface area contributed by atoms with Gasteiger partial charge in [-0.1, -0.05) is 43.7 Å². The summed E-state index contributed by atoms with van der Waals surface area (Å²) in [5, 5.41) is 14.5. The highest BCUT2D eigenvalue weighted by molar-refractivity contribution is 7.91. The summed E-state index contributed by atoms with van der Waals surface area (Å²) in [5.41, 5.74) is -2.68. The molecular formula is C40H52ClF2N5O9S. The van der Waals surface area contributed by atoms with Gasteiger partial charge in [0.05, 0.1) is 11.3 Å². The zero-order valence-electron chi connectivity index (χ0n) is 33.5. The molecule has 2 aliphatic heterocycles. The van der Waals surface area contributed by atoms with Gasteiger partial charge in [0.1, 0.15) is 23.7 Å². The maximum absolute atomic E-state index is 15.1. The molecule has 7 atom stereocenters. The Morgan fingerprint density at radius 3 is 2.52 bits per heavy atom. The smallest absolute Gasteiger partial charge is 0.408 e. The molecule has 0 unspecified atom stereocenters. The maximum atomic E-state index is 15.1. The topological polar surface area (TPSA) is 185 Å². The lowest BCUT2D eigenvalue weighted by Crippen LogP contribution is -2.62. The summed E-state index contributed by atoms with van der Waals surface area (Å²) < 4.78 is 65.5. The Bertz CT molecular complexity index is 2100. The van der Waals surface area contributed by atoms with Crippen LogP contribution in [0.2, 0.25) is 5.02 Å². The molecule has 1 aromatic carbocycles. The average Bonchev–Trinajstić information content (AvgIpc) is 4.00. The molecule has 2 aliphatic carbocycles. The van der Waals surface area contributed by atoms with E-state index in [0.717, 1.165) is 4.90 Å². The highest BCUT2D eigenvalue weighted by Crippen LogP contribution is 2.48. The number of fused-ring (bicyclic) bond motifs is 3. The third-order valence-electron chi connectivity index (χ3n) is 11.8. The SMILES string of the molecule is C[C@@H]1CC/C=C\[C@@H]2C[C@@]2(C(=O)NS(=O)(=O)C2(C)CC2)NC(=O)[C@@H]2C[C@@H](Oc3nc(OCC(F)F)cc4c(Cl)cccc34)CN2C(=O)[C@@H](N(C(=O)O)C(C)(C)C)[C@H](C)C1. The van der Waals surface area contributed by atoms with Gasteiger partial charge in [0, 0.05) is 39.7 Å².